The Morgan fingerprint density at radius 2 is 2.00 bits per heavy atom. The van der Waals surface area contributed by atoms with Crippen LogP contribution in [-0.4, -0.2) is 34.3 Å². The highest BCUT2D eigenvalue weighted by Gasteiger charge is 2.49. The number of piperazine rings is 1. The molecule has 0 aromatic heterocycles. The summed E-state index contributed by atoms with van der Waals surface area (Å²) in [6.45, 7) is 9.59. The highest BCUT2D eigenvalue weighted by atomic mass is 16.2. The first-order valence-corrected chi connectivity index (χ1v) is 7.43. The molecule has 1 heterocycles. The fourth-order valence-electron chi connectivity index (χ4n) is 2.71. The number of amides is 2. The van der Waals surface area contributed by atoms with Crippen LogP contribution in [0.1, 0.15) is 53.9 Å². The van der Waals surface area contributed by atoms with Gasteiger partial charge in [-0.25, -0.2) is 0 Å². The van der Waals surface area contributed by atoms with E-state index in [1.807, 2.05) is 27.7 Å². The molecule has 3 unspecified atom stereocenters. The zero-order valence-electron chi connectivity index (χ0n) is 13.2. The Morgan fingerprint density at radius 1 is 1.40 bits per heavy atom. The highest BCUT2D eigenvalue weighted by molar-refractivity contribution is 6.00. The van der Waals surface area contributed by atoms with Gasteiger partial charge in [-0.2, -0.15) is 0 Å². The molecule has 0 radical (unpaired) electrons. The molecule has 1 N–H and O–H groups in total. The quantitative estimate of drug-likeness (QED) is 0.781. The lowest BCUT2D eigenvalue weighted by Gasteiger charge is -2.47. The van der Waals surface area contributed by atoms with Crippen molar-refractivity contribution in [2.45, 2.75) is 71.5 Å². The molecule has 4 heteroatoms. The molecule has 3 atom stereocenters. The Kier molecular flexibility index (Phi) is 5.21. The molecular formula is C16H26N2O2. The van der Waals surface area contributed by atoms with Crippen molar-refractivity contribution in [1.82, 2.24) is 10.2 Å². The van der Waals surface area contributed by atoms with E-state index in [9.17, 15) is 9.59 Å². The van der Waals surface area contributed by atoms with Gasteiger partial charge in [-0.15, -0.1) is 6.42 Å². The van der Waals surface area contributed by atoms with Crippen molar-refractivity contribution < 1.29 is 9.59 Å². The molecule has 0 bridgehead atoms. The van der Waals surface area contributed by atoms with Crippen molar-refractivity contribution in [2.24, 2.45) is 5.92 Å². The van der Waals surface area contributed by atoms with Crippen molar-refractivity contribution >= 4 is 11.8 Å². The molecule has 1 aliphatic heterocycles. The number of carbonyl (C=O) groups excluding carboxylic acids is 2. The summed E-state index contributed by atoms with van der Waals surface area (Å²) in [5, 5.41) is 2.88. The predicted molar refractivity (Wildman–Crippen MR) is 79.8 cm³/mol. The molecular weight excluding hydrogens is 252 g/mol. The SMILES string of the molecule is C#CC(CCC)N1C(=O)C(C)(CC)NC(=O)C1C(C)C. The maximum Gasteiger partial charge on any atom is 0.249 e. The molecule has 1 rings (SSSR count). The monoisotopic (exact) mass is 278 g/mol. The van der Waals surface area contributed by atoms with Gasteiger partial charge in [0.25, 0.3) is 0 Å². The maximum absolute atomic E-state index is 12.8. The molecule has 0 spiro atoms. The minimum absolute atomic E-state index is 0.0352. The molecule has 1 fully saturated rings. The lowest BCUT2D eigenvalue weighted by Crippen LogP contribution is -2.71. The van der Waals surface area contributed by atoms with E-state index in [2.05, 4.69) is 11.2 Å². The van der Waals surface area contributed by atoms with Gasteiger partial charge < -0.3 is 10.2 Å². The summed E-state index contributed by atoms with van der Waals surface area (Å²) in [4.78, 5) is 26.9. The average Bonchev–Trinajstić information content (AvgIpc) is 2.39. The summed E-state index contributed by atoms with van der Waals surface area (Å²) >= 11 is 0. The van der Waals surface area contributed by atoms with Crippen molar-refractivity contribution in [3.8, 4) is 12.3 Å². The maximum atomic E-state index is 12.8. The van der Waals surface area contributed by atoms with Crippen LogP contribution in [0.3, 0.4) is 0 Å². The standard InChI is InChI=1S/C16H26N2O2/c1-7-10-12(8-2)18-13(11(4)5)14(19)17-16(6,9-3)15(18)20/h2,11-13H,7,9-10H2,1,3-6H3,(H,17,19). The molecule has 0 saturated carbocycles. The van der Waals surface area contributed by atoms with Crippen LogP contribution in [0.4, 0.5) is 0 Å². The predicted octanol–water partition coefficient (Wildman–Crippen LogP) is 1.94. The van der Waals surface area contributed by atoms with Gasteiger partial charge in [0.05, 0.1) is 6.04 Å². The Bertz CT molecular complexity index is 425. The topological polar surface area (TPSA) is 49.4 Å². The summed E-state index contributed by atoms with van der Waals surface area (Å²) < 4.78 is 0. The minimum Gasteiger partial charge on any atom is -0.340 e. The number of nitrogens with one attached hydrogen (secondary N) is 1. The first-order valence-electron chi connectivity index (χ1n) is 7.43. The van der Waals surface area contributed by atoms with Crippen molar-refractivity contribution in [3.05, 3.63) is 0 Å². The largest absolute Gasteiger partial charge is 0.340 e. The minimum atomic E-state index is -0.842. The van der Waals surface area contributed by atoms with Crippen LogP contribution in [0.5, 0.6) is 0 Å². The van der Waals surface area contributed by atoms with Gasteiger partial charge in [0, 0.05) is 0 Å². The van der Waals surface area contributed by atoms with Gasteiger partial charge in [0.1, 0.15) is 11.6 Å². The van der Waals surface area contributed by atoms with Crippen LogP contribution >= 0.6 is 0 Å². The average molecular weight is 278 g/mol. The number of hydrogen-bond acceptors (Lipinski definition) is 2. The van der Waals surface area contributed by atoms with E-state index < -0.39 is 11.6 Å². The van der Waals surface area contributed by atoms with Crippen molar-refractivity contribution in [3.63, 3.8) is 0 Å². The van der Waals surface area contributed by atoms with Gasteiger partial charge in [0.2, 0.25) is 11.8 Å². The van der Waals surface area contributed by atoms with Crippen LogP contribution in [0, 0.1) is 18.3 Å². The van der Waals surface area contributed by atoms with Gasteiger partial charge in [-0.05, 0) is 25.7 Å². The molecule has 2 amide bonds. The second kappa shape index (κ2) is 6.30. The number of terminal acetylenes is 1. The first-order chi connectivity index (χ1) is 9.32. The lowest BCUT2D eigenvalue weighted by molar-refractivity contribution is -0.158. The lowest BCUT2D eigenvalue weighted by atomic mass is 9.86. The third-order valence-electron chi connectivity index (χ3n) is 4.10. The molecule has 112 valence electrons. The Balaban J connectivity index is 3.24. The molecule has 0 aromatic carbocycles. The summed E-state index contributed by atoms with van der Waals surface area (Å²) in [5.74, 6) is 2.57. The summed E-state index contributed by atoms with van der Waals surface area (Å²) in [6, 6.07) is -0.786. The second-order valence-electron chi connectivity index (χ2n) is 6.05. The molecule has 0 aliphatic carbocycles. The van der Waals surface area contributed by atoms with E-state index >= 15 is 0 Å². The highest BCUT2D eigenvalue weighted by Crippen LogP contribution is 2.28. The van der Waals surface area contributed by atoms with Gasteiger partial charge in [-0.3, -0.25) is 9.59 Å². The summed E-state index contributed by atoms with van der Waals surface area (Å²) in [5.41, 5.74) is -0.842. The number of hydrogen-bond donors (Lipinski definition) is 1. The smallest absolute Gasteiger partial charge is 0.249 e. The van der Waals surface area contributed by atoms with Gasteiger partial charge >= 0.3 is 0 Å². The first kappa shape index (κ1) is 16.6. The Labute approximate surface area is 122 Å². The summed E-state index contributed by atoms with van der Waals surface area (Å²) in [7, 11) is 0. The molecule has 20 heavy (non-hydrogen) atoms. The van der Waals surface area contributed by atoms with Gasteiger partial charge in [0.15, 0.2) is 0 Å². The normalized spacial score (nSPS) is 28.2. The molecule has 1 aliphatic rings. The number of rotatable bonds is 5. The fourth-order valence-corrected chi connectivity index (χ4v) is 2.71. The van der Waals surface area contributed by atoms with Crippen LogP contribution < -0.4 is 5.32 Å². The fraction of sp³-hybridized carbons (Fsp3) is 0.750. The van der Waals surface area contributed by atoms with E-state index in [1.54, 1.807) is 11.8 Å². The third-order valence-corrected chi connectivity index (χ3v) is 4.10. The zero-order chi connectivity index (χ0) is 15.5. The van der Waals surface area contributed by atoms with E-state index in [4.69, 9.17) is 6.42 Å². The summed E-state index contributed by atoms with van der Waals surface area (Å²) in [6.07, 6.45) is 7.78. The van der Waals surface area contributed by atoms with E-state index in [-0.39, 0.29) is 23.8 Å². The Morgan fingerprint density at radius 3 is 2.40 bits per heavy atom. The van der Waals surface area contributed by atoms with Crippen LogP contribution in [0.15, 0.2) is 0 Å². The second-order valence-corrected chi connectivity index (χ2v) is 6.05. The van der Waals surface area contributed by atoms with E-state index in [0.29, 0.717) is 6.42 Å². The Hall–Kier alpha value is -1.50. The van der Waals surface area contributed by atoms with Crippen LogP contribution in [0.2, 0.25) is 0 Å². The molecule has 1 saturated heterocycles. The molecule has 0 aromatic rings. The van der Waals surface area contributed by atoms with Crippen molar-refractivity contribution in [2.75, 3.05) is 0 Å². The van der Waals surface area contributed by atoms with Crippen molar-refractivity contribution in [1.29, 1.82) is 0 Å². The third kappa shape index (κ3) is 2.82. The number of nitrogens with zero attached hydrogens (tertiary/aromatic N) is 1. The van der Waals surface area contributed by atoms with Crippen LogP contribution in [-0.2, 0) is 9.59 Å². The van der Waals surface area contributed by atoms with Crippen LogP contribution in [0.25, 0.3) is 0 Å². The zero-order valence-corrected chi connectivity index (χ0v) is 13.2. The van der Waals surface area contributed by atoms with E-state index in [1.165, 1.54) is 0 Å². The number of carbonyl (C=O) groups is 2. The molecule has 4 nitrogen and oxygen atoms in total. The van der Waals surface area contributed by atoms with Gasteiger partial charge in [-0.1, -0.05) is 40.0 Å². The van der Waals surface area contributed by atoms with E-state index in [0.717, 1.165) is 12.8 Å².